The molecule has 17 heavy (non-hydrogen) atoms. The first-order valence-electron chi connectivity index (χ1n) is 6.12. The Hall–Kier alpha value is -0.580. The third-order valence-corrected chi connectivity index (χ3v) is 4.25. The van der Waals surface area contributed by atoms with Crippen LogP contribution in [0.1, 0.15) is 36.9 Å². The molecule has 1 fully saturated rings. The van der Waals surface area contributed by atoms with E-state index in [1.165, 1.54) is 12.8 Å². The molecule has 0 spiro atoms. The molecule has 0 amide bonds. The summed E-state index contributed by atoms with van der Waals surface area (Å²) in [6.45, 7) is 2.84. The van der Waals surface area contributed by atoms with Crippen LogP contribution < -0.4 is 5.32 Å². The zero-order valence-electron chi connectivity index (χ0n) is 10.5. The highest BCUT2D eigenvalue weighted by atomic mass is 35.5. The SMILES string of the molecule is Cc1nn(C)c(Cl)c1CNC1(CO)CCCC1. The van der Waals surface area contributed by atoms with Crippen molar-refractivity contribution in [3.8, 4) is 0 Å². The number of rotatable bonds is 4. The van der Waals surface area contributed by atoms with Gasteiger partial charge in [-0.3, -0.25) is 4.68 Å². The molecule has 0 aliphatic heterocycles. The summed E-state index contributed by atoms with van der Waals surface area (Å²) < 4.78 is 1.69. The Morgan fingerprint density at radius 3 is 2.59 bits per heavy atom. The number of nitrogens with one attached hydrogen (secondary N) is 1. The van der Waals surface area contributed by atoms with Crippen LogP contribution in [0.25, 0.3) is 0 Å². The number of aryl methyl sites for hydroxylation is 2. The van der Waals surface area contributed by atoms with Gasteiger partial charge in [0.05, 0.1) is 12.3 Å². The Kier molecular flexibility index (Phi) is 3.76. The third kappa shape index (κ3) is 2.49. The van der Waals surface area contributed by atoms with Gasteiger partial charge in [0.15, 0.2) is 0 Å². The van der Waals surface area contributed by atoms with Crippen molar-refractivity contribution in [1.82, 2.24) is 15.1 Å². The molecule has 1 aliphatic rings. The molecule has 1 aliphatic carbocycles. The Balaban J connectivity index is 2.06. The van der Waals surface area contributed by atoms with Gasteiger partial charge in [0.1, 0.15) is 5.15 Å². The first-order chi connectivity index (χ1) is 8.08. The Labute approximate surface area is 107 Å². The van der Waals surface area contributed by atoms with Gasteiger partial charge in [-0.05, 0) is 19.8 Å². The maximum atomic E-state index is 9.52. The van der Waals surface area contributed by atoms with E-state index in [9.17, 15) is 5.11 Å². The molecule has 2 rings (SSSR count). The summed E-state index contributed by atoms with van der Waals surface area (Å²) in [5.41, 5.74) is 1.89. The summed E-state index contributed by atoms with van der Waals surface area (Å²) in [5.74, 6) is 0. The van der Waals surface area contributed by atoms with E-state index in [0.29, 0.717) is 11.7 Å². The Morgan fingerprint density at radius 2 is 2.12 bits per heavy atom. The van der Waals surface area contributed by atoms with Gasteiger partial charge in [0, 0.05) is 24.7 Å². The van der Waals surface area contributed by atoms with Crippen molar-refractivity contribution < 1.29 is 5.11 Å². The molecule has 1 aromatic rings. The summed E-state index contributed by atoms with van der Waals surface area (Å²) in [6.07, 6.45) is 4.46. The summed E-state index contributed by atoms with van der Waals surface area (Å²) in [6, 6.07) is 0. The zero-order valence-corrected chi connectivity index (χ0v) is 11.2. The van der Waals surface area contributed by atoms with Crippen LogP contribution in [0.4, 0.5) is 0 Å². The lowest BCUT2D eigenvalue weighted by Gasteiger charge is -2.28. The summed E-state index contributed by atoms with van der Waals surface area (Å²) >= 11 is 6.19. The number of hydrogen-bond acceptors (Lipinski definition) is 3. The van der Waals surface area contributed by atoms with Gasteiger partial charge in [-0.2, -0.15) is 5.10 Å². The second-order valence-electron chi connectivity index (χ2n) is 4.98. The van der Waals surface area contributed by atoms with Crippen LogP contribution in [-0.4, -0.2) is 27.0 Å². The lowest BCUT2D eigenvalue weighted by atomic mass is 9.98. The van der Waals surface area contributed by atoms with Crippen molar-refractivity contribution >= 4 is 11.6 Å². The molecule has 2 N–H and O–H groups in total. The van der Waals surface area contributed by atoms with Crippen molar-refractivity contribution in [2.45, 2.75) is 44.7 Å². The van der Waals surface area contributed by atoms with Gasteiger partial charge in [0.2, 0.25) is 0 Å². The van der Waals surface area contributed by atoms with E-state index in [1.54, 1.807) is 4.68 Å². The average Bonchev–Trinajstić information content (AvgIpc) is 2.86. The number of nitrogens with zero attached hydrogens (tertiary/aromatic N) is 2. The number of halogens is 1. The van der Waals surface area contributed by atoms with Crippen molar-refractivity contribution in [2.75, 3.05) is 6.61 Å². The van der Waals surface area contributed by atoms with Crippen LogP contribution >= 0.6 is 11.6 Å². The monoisotopic (exact) mass is 257 g/mol. The van der Waals surface area contributed by atoms with Crippen LogP contribution in [0.2, 0.25) is 5.15 Å². The average molecular weight is 258 g/mol. The van der Waals surface area contributed by atoms with E-state index in [-0.39, 0.29) is 12.1 Å². The van der Waals surface area contributed by atoms with Gasteiger partial charge in [-0.25, -0.2) is 0 Å². The molecule has 0 aromatic carbocycles. The smallest absolute Gasteiger partial charge is 0.131 e. The highest BCUT2D eigenvalue weighted by molar-refractivity contribution is 6.30. The number of hydrogen-bond donors (Lipinski definition) is 2. The molecule has 4 nitrogen and oxygen atoms in total. The molecule has 0 bridgehead atoms. The number of aliphatic hydroxyl groups excluding tert-OH is 1. The van der Waals surface area contributed by atoms with E-state index < -0.39 is 0 Å². The molecule has 1 saturated carbocycles. The minimum absolute atomic E-state index is 0.106. The van der Waals surface area contributed by atoms with Gasteiger partial charge in [-0.1, -0.05) is 24.4 Å². The lowest BCUT2D eigenvalue weighted by Crippen LogP contribution is -2.45. The maximum Gasteiger partial charge on any atom is 0.131 e. The predicted octanol–water partition coefficient (Wildman–Crippen LogP) is 1.78. The Bertz CT molecular complexity index is 397. The van der Waals surface area contributed by atoms with Crippen LogP contribution in [0.5, 0.6) is 0 Å². The summed E-state index contributed by atoms with van der Waals surface area (Å²) in [7, 11) is 1.84. The summed E-state index contributed by atoms with van der Waals surface area (Å²) in [5, 5.41) is 18.0. The van der Waals surface area contributed by atoms with E-state index in [4.69, 9.17) is 11.6 Å². The third-order valence-electron chi connectivity index (χ3n) is 3.77. The second-order valence-corrected chi connectivity index (χ2v) is 5.34. The molecule has 1 aromatic heterocycles. The van der Waals surface area contributed by atoms with Crippen LogP contribution in [-0.2, 0) is 13.6 Å². The highest BCUT2D eigenvalue weighted by Crippen LogP contribution is 2.30. The highest BCUT2D eigenvalue weighted by Gasteiger charge is 2.32. The fraction of sp³-hybridized carbons (Fsp3) is 0.750. The molecular weight excluding hydrogens is 238 g/mol. The topological polar surface area (TPSA) is 50.1 Å². The lowest BCUT2D eigenvalue weighted by molar-refractivity contribution is 0.163. The fourth-order valence-electron chi connectivity index (χ4n) is 2.59. The van der Waals surface area contributed by atoms with Gasteiger partial charge < -0.3 is 10.4 Å². The predicted molar refractivity (Wildman–Crippen MR) is 68.1 cm³/mol. The van der Waals surface area contributed by atoms with Crippen molar-refractivity contribution in [1.29, 1.82) is 0 Å². The number of aliphatic hydroxyl groups is 1. The second kappa shape index (κ2) is 4.96. The quantitative estimate of drug-likeness (QED) is 0.865. The minimum Gasteiger partial charge on any atom is -0.394 e. The molecule has 5 heteroatoms. The molecule has 1 heterocycles. The van der Waals surface area contributed by atoms with Gasteiger partial charge >= 0.3 is 0 Å². The summed E-state index contributed by atoms with van der Waals surface area (Å²) in [4.78, 5) is 0. The zero-order chi connectivity index (χ0) is 12.5. The van der Waals surface area contributed by atoms with Gasteiger partial charge in [-0.15, -0.1) is 0 Å². The van der Waals surface area contributed by atoms with E-state index in [0.717, 1.165) is 24.1 Å². The fourth-order valence-corrected chi connectivity index (χ4v) is 2.83. The normalized spacial score (nSPS) is 18.8. The maximum absolute atomic E-state index is 9.52. The molecular formula is C12H20ClN3O. The first kappa shape index (κ1) is 12.9. The largest absolute Gasteiger partial charge is 0.394 e. The van der Waals surface area contributed by atoms with Crippen LogP contribution in [0.15, 0.2) is 0 Å². The molecule has 0 saturated heterocycles. The van der Waals surface area contributed by atoms with Crippen LogP contribution in [0.3, 0.4) is 0 Å². The standard InChI is InChI=1S/C12H20ClN3O/c1-9-10(11(13)16(2)15-9)7-14-12(8-17)5-3-4-6-12/h14,17H,3-8H2,1-2H3. The van der Waals surface area contributed by atoms with E-state index in [1.807, 2.05) is 14.0 Å². The van der Waals surface area contributed by atoms with E-state index >= 15 is 0 Å². The van der Waals surface area contributed by atoms with Gasteiger partial charge in [0.25, 0.3) is 0 Å². The van der Waals surface area contributed by atoms with Crippen molar-refractivity contribution in [3.05, 3.63) is 16.4 Å². The molecule has 0 atom stereocenters. The molecule has 96 valence electrons. The van der Waals surface area contributed by atoms with Crippen molar-refractivity contribution in [3.63, 3.8) is 0 Å². The van der Waals surface area contributed by atoms with Crippen LogP contribution in [0, 0.1) is 6.92 Å². The Morgan fingerprint density at radius 1 is 1.47 bits per heavy atom. The minimum atomic E-state index is -0.106. The molecule has 0 unspecified atom stereocenters. The number of aromatic nitrogens is 2. The van der Waals surface area contributed by atoms with E-state index in [2.05, 4.69) is 10.4 Å². The first-order valence-corrected chi connectivity index (χ1v) is 6.50. The van der Waals surface area contributed by atoms with Crippen molar-refractivity contribution in [2.24, 2.45) is 7.05 Å². The molecule has 0 radical (unpaired) electrons.